The Bertz CT molecular complexity index is 428. The van der Waals surface area contributed by atoms with Gasteiger partial charge in [-0.25, -0.2) is 4.98 Å². The van der Waals surface area contributed by atoms with Gasteiger partial charge in [0.25, 0.3) is 0 Å². The summed E-state index contributed by atoms with van der Waals surface area (Å²) in [6, 6.07) is 0. The zero-order valence-corrected chi connectivity index (χ0v) is 14.3. The van der Waals surface area contributed by atoms with Crippen molar-refractivity contribution in [1.82, 2.24) is 10.3 Å². The van der Waals surface area contributed by atoms with Gasteiger partial charge in [0.1, 0.15) is 0 Å². The Balaban J connectivity index is 2.13. The monoisotopic (exact) mass is 296 g/mol. The largest absolute Gasteiger partial charge is 0.381 e. The van der Waals surface area contributed by atoms with Gasteiger partial charge >= 0.3 is 0 Å². The zero-order valence-electron chi connectivity index (χ0n) is 13.5. The van der Waals surface area contributed by atoms with Crippen LogP contribution in [0.2, 0.25) is 0 Å². The number of hydrogen-bond acceptors (Lipinski definition) is 4. The third-order valence-electron chi connectivity index (χ3n) is 3.45. The molecule has 1 atom stereocenters. The molecule has 1 unspecified atom stereocenters. The molecule has 1 N–H and O–H groups in total. The van der Waals surface area contributed by atoms with Crippen molar-refractivity contribution in [2.45, 2.75) is 65.5 Å². The number of rotatable bonds is 5. The molecule has 1 aliphatic rings. The van der Waals surface area contributed by atoms with Crippen molar-refractivity contribution in [3.8, 4) is 0 Å². The van der Waals surface area contributed by atoms with Crippen LogP contribution >= 0.6 is 11.3 Å². The average molecular weight is 296 g/mol. The van der Waals surface area contributed by atoms with Gasteiger partial charge in [0, 0.05) is 29.5 Å². The fourth-order valence-electron chi connectivity index (χ4n) is 2.34. The fourth-order valence-corrected chi connectivity index (χ4v) is 3.49. The molecule has 2 heterocycles. The smallest absolute Gasteiger partial charge is 0.0986 e. The van der Waals surface area contributed by atoms with E-state index >= 15 is 0 Å². The van der Waals surface area contributed by atoms with Crippen molar-refractivity contribution in [3.63, 3.8) is 0 Å². The zero-order chi connectivity index (χ0) is 14.8. The Morgan fingerprint density at radius 1 is 1.40 bits per heavy atom. The lowest BCUT2D eigenvalue weighted by Gasteiger charge is -2.20. The Labute approximate surface area is 127 Å². The van der Waals surface area contributed by atoms with Crippen LogP contribution in [0.15, 0.2) is 0 Å². The van der Waals surface area contributed by atoms with E-state index in [0.29, 0.717) is 11.8 Å². The lowest BCUT2D eigenvalue weighted by atomic mass is 10.1. The summed E-state index contributed by atoms with van der Waals surface area (Å²) in [5.74, 6) is 1.17. The van der Waals surface area contributed by atoms with E-state index in [-0.39, 0.29) is 5.54 Å². The van der Waals surface area contributed by atoms with Crippen molar-refractivity contribution in [1.29, 1.82) is 0 Å². The minimum Gasteiger partial charge on any atom is -0.381 e. The number of nitrogens with one attached hydrogen (secondary N) is 1. The normalized spacial score (nSPS) is 20.0. The van der Waals surface area contributed by atoms with Crippen LogP contribution in [0.4, 0.5) is 0 Å². The van der Waals surface area contributed by atoms with Crippen LogP contribution in [0.5, 0.6) is 0 Å². The molecule has 0 amide bonds. The number of nitrogens with zero attached hydrogens (tertiary/aromatic N) is 1. The maximum absolute atomic E-state index is 5.51. The van der Waals surface area contributed by atoms with Crippen LogP contribution in [0.3, 0.4) is 0 Å². The molecule has 0 aromatic carbocycles. The first-order valence-corrected chi connectivity index (χ1v) is 8.48. The number of ether oxygens (including phenoxy) is 1. The summed E-state index contributed by atoms with van der Waals surface area (Å²) >= 11 is 1.89. The molecule has 3 nitrogen and oxygen atoms in total. The molecule has 2 rings (SSSR count). The summed E-state index contributed by atoms with van der Waals surface area (Å²) in [7, 11) is 0. The van der Waals surface area contributed by atoms with Crippen LogP contribution in [-0.4, -0.2) is 23.7 Å². The van der Waals surface area contributed by atoms with Gasteiger partial charge in [-0.1, -0.05) is 13.8 Å². The van der Waals surface area contributed by atoms with E-state index in [9.17, 15) is 0 Å². The molecular weight excluding hydrogens is 268 g/mol. The van der Waals surface area contributed by atoms with Crippen LogP contribution in [0.25, 0.3) is 0 Å². The predicted octanol–water partition coefficient (Wildman–Crippen LogP) is 3.73. The number of hydrogen-bond donors (Lipinski definition) is 1. The van der Waals surface area contributed by atoms with Crippen LogP contribution in [-0.2, 0) is 17.7 Å². The van der Waals surface area contributed by atoms with E-state index in [1.165, 1.54) is 15.6 Å². The van der Waals surface area contributed by atoms with Gasteiger partial charge in [0.05, 0.1) is 17.3 Å². The van der Waals surface area contributed by atoms with E-state index in [0.717, 1.165) is 32.6 Å². The van der Waals surface area contributed by atoms with Gasteiger partial charge < -0.3 is 10.1 Å². The Kier molecular flexibility index (Phi) is 5.21. The van der Waals surface area contributed by atoms with E-state index in [4.69, 9.17) is 9.72 Å². The summed E-state index contributed by atoms with van der Waals surface area (Å²) in [5.41, 5.74) is 1.44. The standard InChI is InChI=1S/C16H28N2OS/c1-11(2)8-13-14(9-17-16(3,4)5)20-15(18-13)12-6-7-19-10-12/h11-12,17H,6-10H2,1-5H3. The second-order valence-corrected chi connectivity index (χ2v) is 8.30. The van der Waals surface area contributed by atoms with Crippen LogP contribution < -0.4 is 5.32 Å². The van der Waals surface area contributed by atoms with E-state index in [2.05, 4.69) is 39.9 Å². The quantitative estimate of drug-likeness (QED) is 0.899. The molecule has 1 fully saturated rings. The molecule has 1 aliphatic heterocycles. The molecule has 1 aromatic heterocycles. The first-order valence-electron chi connectivity index (χ1n) is 7.66. The second-order valence-electron chi connectivity index (χ2n) is 7.18. The highest BCUT2D eigenvalue weighted by molar-refractivity contribution is 7.11. The van der Waals surface area contributed by atoms with E-state index in [1.807, 2.05) is 11.3 Å². The first-order chi connectivity index (χ1) is 9.35. The molecule has 4 heteroatoms. The topological polar surface area (TPSA) is 34.1 Å². The van der Waals surface area contributed by atoms with Crippen molar-refractivity contribution in [2.75, 3.05) is 13.2 Å². The van der Waals surface area contributed by atoms with Gasteiger partial charge in [0.15, 0.2) is 0 Å². The van der Waals surface area contributed by atoms with Gasteiger partial charge in [-0.3, -0.25) is 0 Å². The SMILES string of the molecule is CC(C)Cc1nc(C2CCOC2)sc1CNC(C)(C)C. The van der Waals surface area contributed by atoms with E-state index < -0.39 is 0 Å². The van der Waals surface area contributed by atoms with Gasteiger partial charge in [0.2, 0.25) is 0 Å². The first kappa shape index (κ1) is 15.9. The molecule has 20 heavy (non-hydrogen) atoms. The molecule has 0 spiro atoms. The number of aromatic nitrogens is 1. The summed E-state index contributed by atoms with van der Waals surface area (Å²) in [5, 5.41) is 4.88. The lowest BCUT2D eigenvalue weighted by molar-refractivity contribution is 0.194. The van der Waals surface area contributed by atoms with Gasteiger partial charge in [-0.15, -0.1) is 11.3 Å². The highest BCUT2D eigenvalue weighted by Gasteiger charge is 2.24. The minimum absolute atomic E-state index is 0.149. The third-order valence-corrected chi connectivity index (χ3v) is 4.71. The van der Waals surface area contributed by atoms with Gasteiger partial charge in [-0.05, 0) is 39.5 Å². The summed E-state index contributed by atoms with van der Waals surface area (Å²) < 4.78 is 5.51. The van der Waals surface area contributed by atoms with Crippen molar-refractivity contribution in [2.24, 2.45) is 5.92 Å². The van der Waals surface area contributed by atoms with Crippen molar-refractivity contribution >= 4 is 11.3 Å². The molecule has 1 saturated heterocycles. The maximum atomic E-state index is 5.51. The highest BCUT2D eigenvalue weighted by Crippen LogP contribution is 2.32. The molecular formula is C16H28N2OS. The second kappa shape index (κ2) is 6.54. The Hall–Kier alpha value is -0.450. The average Bonchev–Trinajstić information content (AvgIpc) is 2.93. The molecule has 1 aromatic rings. The summed E-state index contributed by atoms with van der Waals surface area (Å²) in [6.45, 7) is 13.8. The molecule has 0 radical (unpaired) electrons. The van der Waals surface area contributed by atoms with Crippen molar-refractivity contribution < 1.29 is 4.74 Å². The Morgan fingerprint density at radius 3 is 2.70 bits per heavy atom. The molecule has 114 valence electrons. The molecule has 0 saturated carbocycles. The Morgan fingerprint density at radius 2 is 2.15 bits per heavy atom. The van der Waals surface area contributed by atoms with Crippen LogP contribution in [0.1, 0.15) is 62.5 Å². The fraction of sp³-hybridized carbons (Fsp3) is 0.812. The molecule has 0 aliphatic carbocycles. The third kappa shape index (κ3) is 4.54. The van der Waals surface area contributed by atoms with Gasteiger partial charge in [-0.2, -0.15) is 0 Å². The summed E-state index contributed by atoms with van der Waals surface area (Å²) in [6.07, 6.45) is 2.20. The van der Waals surface area contributed by atoms with Crippen molar-refractivity contribution in [3.05, 3.63) is 15.6 Å². The van der Waals surface area contributed by atoms with E-state index in [1.54, 1.807) is 0 Å². The maximum Gasteiger partial charge on any atom is 0.0986 e. The highest BCUT2D eigenvalue weighted by atomic mass is 32.1. The molecule has 0 bridgehead atoms. The number of thiazole rings is 1. The lowest BCUT2D eigenvalue weighted by Crippen LogP contribution is -2.35. The minimum atomic E-state index is 0.149. The summed E-state index contributed by atoms with van der Waals surface area (Å²) in [4.78, 5) is 6.34. The van der Waals surface area contributed by atoms with Crippen LogP contribution in [0, 0.1) is 5.92 Å². The predicted molar refractivity (Wildman–Crippen MR) is 85.4 cm³/mol.